The molecule has 4 aromatic rings. The third-order valence-electron chi connectivity index (χ3n) is 7.14. The lowest BCUT2D eigenvalue weighted by Crippen LogP contribution is -2.39. The maximum atomic E-state index is 14.1. The standard InChI is InChI=1S/C35H33BrN2O7S/c1-5-42-27-15-12-23(13-16-27)31-30(34(41)44-7-3)21(4)37-35-38(31)32(39)29(46-35)19-25-18-26(36)14-17-28(25)45-20-22-8-10-24(11-9-22)33(40)43-6-2/h8-19,31H,5-7,20H2,1-4H3/b29-19-/t31-/m1/s1. The quantitative estimate of drug-likeness (QED) is 0.184. The second-order valence-corrected chi connectivity index (χ2v) is 12.1. The molecule has 0 saturated heterocycles. The lowest BCUT2D eigenvalue weighted by atomic mass is 9.96. The molecule has 0 amide bonds. The van der Waals surface area contributed by atoms with Crippen LogP contribution in [0.2, 0.25) is 0 Å². The molecule has 0 spiro atoms. The Hall–Kier alpha value is -4.48. The zero-order valence-electron chi connectivity index (χ0n) is 25.9. The maximum absolute atomic E-state index is 14.1. The molecule has 0 aliphatic carbocycles. The topological polar surface area (TPSA) is 105 Å². The van der Waals surface area contributed by atoms with Crippen molar-refractivity contribution < 1.29 is 28.5 Å². The molecule has 1 aliphatic heterocycles. The smallest absolute Gasteiger partial charge is 0.338 e. The average molecular weight is 706 g/mol. The number of fused-ring (bicyclic) bond motifs is 1. The number of thiazole rings is 1. The molecule has 0 N–H and O–H groups in total. The maximum Gasteiger partial charge on any atom is 0.338 e. The summed E-state index contributed by atoms with van der Waals surface area (Å²) in [7, 11) is 0. The van der Waals surface area contributed by atoms with Gasteiger partial charge >= 0.3 is 11.9 Å². The van der Waals surface area contributed by atoms with Crippen LogP contribution in [0.5, 0.6) is 11.5 Å². The first kappa shape index (κ1) is 32.9. The molecule has 0 unspecified atom stereocenters. The summed E-state index contributed by atoms with van der Waals surface area (Å²) in [5.74, 6) is 0.361. The Morgan fingerprint density at radius 3 is 2.28 bits per heavy atom. The van der Waals surface area contributed by atoms with Gasteiger partial charge in [0, 0.05) is 10.0 Å². The molecule has 11 heteroatoms. The predicted octanol–water partition coefficient (Wildman–Crippen LogP) is 5.72. The zero-order valence-corrected chi connectivity index (χ0v) is 28.3. The first-order chi connectivity index (χ1) is 22.2. The van der Waals surface area contributed by atoms with Gasteiger partial charge in [0.15, 0.2) is 4.80 Å². The number of esters is 2. The number of halogens is 1. The van der Waals surface area contributed by atoms with E-state index in [1.807, 2.05) is 61.5 Å². The number of ether oxygens (including phenoxy) is 4. The van der Waals surface area contributed by atoms with Crippen LogP contribution >= 0.6 is 27.3 Å². The van der Waals surface area contributed by atoms with Gasteiger partial charge in [0.1, 0.15) is 18.1 Å². The SMILES string of the molecule is CCOC(=O)C1=C(C)N=c2s/c(=C\c3cc(Br)ccc3OCc3ccc(C(=O)OCC)cc3)c(=O)n2[C@@H]1c1ccc(OCC)cc1. The fourth-order valence-corrected chi connectivity index (χ4v) is 6.45. The lowest BCUT2D eigenvalue weighted by molar-refractivity contribution is -0.139. The molecule has 3 aromatic carbocycles. The third-order valence-corrected chi connectivity index (χ3v) is 8.62. The van der Waals surface area contributed by atoms with Gasteiger partial charge in [-0.2, -0.15) is 0 Å². The highest BCUT2D eigenvalue weighted by molar-refractivity contribution is 9.10. The van der Waals surface area contributed by atoms with Gasteiger partial charge in [0.05, 0.1) is 47.2 Å². The van der Waals surface area contributed by atoms with Crippen LogP contribution in [0.3, 0.4) is 0 Å². The van der Waals surface area contributed by atoms with E-state index >= 15 is 0 Å². The largest absolute Gasteiger partial charge is 0.494 e. The number of hydrogen-bond acceptors (Lipinski definition) is 9. The molecule has 0 radical (unpaired) electrons. The normalized spacial score (nSPS) is 14.4. The van der Waals surface area contributed by atoms with E-state index in [-0.39, 0.29) is 24.7 Å². The van der Waals surface area contributed by atoms with Crippen molar-refractivity contribution in [2.24, 2.45) is 4.99 Å². The van der Waals surface area contributed by atoms with Crippen molar-refractivity contribution in [1.29, 1.82) is 0 Å². The summed E-state index contributed by atoms with van der Waals surface area (Å²) in [6, 6.07) is 19.2. The second kappa shape index (κ2) is 14.7. The van der Waals surface area contributed by atoms with E-state index in [9.17, 15) is 14.4 Å². The molecule has 46 heavy (non-hydrogen) atoms. The van der Waals surface area contributed by atoms with E-state index in [2.05, 4.69) is 20.9 Å². The van der Waals surface area contributed by atoms with Gasteiger partial charge in [-0.3, -0.25) is 9.36 Å². The fraction of sp³-hybridized carbons (Fsp3) is 0.257. The highest BCUT2D eigenvalue weighted by atomic mass is 79.9. The molecule has 0 saturated carbocycles. The number of hydrogen-bond donors (Lipinski definition) is 0. The van der Waals surface area contributed by atoms with E-state index in [0.717, 1.165) is 15.6 Å². The fourth-order valence-electron chi connectivity index (χ4n) is 5.04. The Kier molecular flexibility index (Phi) is 10.5. The van der Waals surface area contributed by atoms with Gasteiger partial charge in [0.2, 0.25) is 0 Å². The van der Waals surface area contributed by atoms with Gasteiger partial charge < -0.3 is 18.9 Å². The van der Waals surface area contributed by atoms with Crippen LogP contribution in [0.25, 0.3) is 6.08 Å². The van der Waals surface area contributed by atoms with Crippen LogP contribution in [0.1, 0.15) is 60.8 Å². The minimum atomic E-state index is -0.732. The first-order valence-corrected chi connectivity index (χ1v) is 16.5. The predicted molar refractivity (Wildman–Crippen MR) is 179 cm³/mol. The molecule has 2 heterocycles. The number of rotatable bonds is 11. The Bertz CT molecular complexity index is 1960. The summed E-state index contributed by atoms with van der Waals surface area (Å²) in [5.41, 5.74) is 3.25. The second-order valence-electron chi connectivity index (χ2n) is 10.2. The molecule has 0 fully saturated rings. The Labute approximate surface area is 278 Å². The minimum absolute atomic E-state index is 0.192. The molecule has 1 atom stereocenters. The van der Waals surface area contributed by atoms with E-state index in [0.29, 0.717) is 56.4 Å². The molecule has 1 aromatic heterocycles. The van der Waals surface area contributed by atoms with Crippen molar-refractivity contribution in [2.45, 2.75) is 40.3 Å². The van der Waals surface area contributed by atoms with Gasteiger partial charge in [-0.25, -0.2) is 14.6 Å². The number of carbonyl (C=O) groups is 2. The van der Waals surface area contributed by atoms with Crippen LogP contribution in [-0.4, -0.2) is 36.3 Å². The summed E-state index contributed by atoms with van der Waals surface area (Å²) >= 11 is 4.77. The van der Waals surface area contributed by atoms with Crippen molar-refractivity contribution in [1.82, 2.24) is 4.57 Å². The summed E-state index contributed by atoms with van der Waals surface area (Å²) < 4.78 is 25.0. The zero-order chi connectivity index (χ0) is 32.8. The molecule has 1 aliphatic rings. The Morgan fingerprint density at radius 1 is 0.913 bits per heavy atom. The van der Waals surface area contributed by atoms with Gasteiger partial charge in [-0.1, -0.05) is 51.5 Å². The van der Waals surface area contributed by atoms with Gasteiger partial charge in [-0.15, -0.1) is 0 Å². The van der Waals surface area contributed by atoms with Crippen LogP contribution < -0.4 is 24.4 Å². The van der Waals surface area contributed by atoms with E-state index in [4.69, 9.17) is 18.9 Å². The first-order valence-electron chi connectivity index (χ1n) is 14.8. The Balaban J connectivity index is 1.53. The van der Waals surface area contributed by atoms with Crippen molar-refractivity contribution in [3.05, 3.63) is 124 Å². The number of aromatic nitrogens is 1. The molecule has 238 valence electrons. The van der Waals surface area contributed by atoms with Crippen LogP contribution in [0, 0.1) is 0 Å². The Morgan fingerprint density at radius 2 is 1.61 bits per heavy atom. The molecular formula is C35H33BrN2O7S. The van der Waals surface area contributed by atoms with Crippen molar-refractivity contribution in [3.8, 4) is 11.5 Å². The average Bonchev–Trinajstić information content (AvgIpc) is 3.34. The van der Waals surface area contributed by atoms with Gasteiger partial charge in [-0.05, 0) is 87.4 Å². The number of nitrogens with zero attached hydrogens (tertiary/aromatic N) is 2. The lowest BCUT2D eigenvalue weighted by Gasteiger charge is -2.24. The number of carbonyl (C=O) groups excluding carboxylic acids is 2. The third kappa shape index (κ3) is 7.16. The highest BCUT2D eigenvalue weighted by Gasteiger charge is 2.33. The molecule has 9 nitrogen and oxygen atoms in total. The van der Waals surface area contributed by atoms with Crippen molar-refractivity contribution in [2.75, 3.05) is 19.8 Å². The van der Waals surface area contributed by atoms with E-state index in [1.54, 1.807) is 43.5 Å². The molecular weight excluding hydrogens is 672 g/mol. The van der Waals surface area contributed by atoms with Crippen LogP contribution in [-0.2, 0) is 20.9 Å². The van der Waals surface area contributed by atoms with Crippen LogP contribution in [0.15, 0.2) is 92.3 Å². The number of benzene rings is 3. The summed E-state index contributed by atoms with van der Waals surface area (Å²) in [4.78, 5) is 44.4. The molecule has 5 rings (SSSR count). The van der Waals surface area contributed by atoms with Crippen molar-refractivity contribution in [3.63, 3.8) is 0 Å². The monoisotopic (exact) mass is 704 g/mol. The summed E-state index contributed by atoms with van der Waals surface area (Å²) in [6.07, 6.45) is 1.77. The summed E-state index contributed by atoms with van der Waals surface area (Å²) in [5, 5.41) is 0. The van der Waals surface area contributed by atoms with E-state index < -0.39 is 12.0 Å². The van der Waals surface area contributed by atoms with Gasteiger partial charge in [0.25, 0.3) is 5.56 Å². The minimum Gasteiger partial charge on any atom is -0.494 e. The van der Waals surface area contributed by atoms with Crippen LogP contribution in [0.4, 0.5) is 0 Å². The highest BCUT2D eigenvalue weighted by Crippen LogP contribution is 2.32. The van der Waals surface area contributed by atoms with Crippen molar-refractivity contribution >= 4 is 45.3 Å². The van der Waals surface area contributed by atoms with E-state index in [1.165, 1.54) is 11.3 Å². The molecule has 0 bridgehead atoms. The number of allylic oxidation sites excluding steroid dienone is 1. The summed E-state index contributed by atoms with van der Waals surface area (Å²) in [6.45, 7) is 8.43.